The first-order chi connectivity index (χ1) is 9.06. The molecule has 0 unspecified atom stereocenters. The second-order valence-electron chi connectivity index (χ2n) is 3.97. The Kier molecular flexibility index (Phi) is 5.66. The number of urea groups is 1. The van der Waals surface area contributed by atoms with E-state index in [1.54, 1.807) is 18.2 Å². The van der Waals surface area contributed by atoms with Crippen molar-refractivity contribution >= 4 is 12.0 Å². The van der Waals surface area contributed by atoms with Gasteiger partial charge in [0.1, 0.15) is 5.75 Å². The Labute approximate surface area is 111 Å². The van der Waals surface area contributed by atoms with Crippen LogP contribution in [0.15, 0.2) is 18.2 Å². The lowest BCUT2D eigenvalue weighted by Gasteiger charge is -2.09. The number of nitrogens with one attached hydrogen (secondary N) is 2. The maximum atomic E-state index is 11.1. The van der Waals surface area contributed by atoms with Gasteiger partial charge in [0.05, 0.1) is 7.11 Å². The van der Waals surface area contributed by atoms with Gasteiger partial charge in [-0.3, -0.25) is 4.79 Å². The van der Waals surface area contributed by atoms with Crippen molar-refractivity contribution in [2.24, 2.45) is 0 Å². The van der Waals surface area contributed by atoms with Gasteiger partial charge < -0.3 is 20.5 Å². The van der Waals surface area contributed by atoms with Crippen LogP contribution in [0.3, 0.4) is 0 Å². The summed E-state index contributed by atoms with van der Waals surface area (Å²) in [6.45, 7) is 0.220. The van der Waals surface area contributed by atoms with Gasteiger partial charge in [0.2, 0.25) is 0 Å². The number of benzene rings is 1. The Morgan fingerprint density at radius 2 is 2.11 bits per heavy atom. The molecule has 0 spiro atoms. The zero-order valence-electron chi connectivity index (χ0n) is 11.0. The summed E-state index contributed by atoms with van der Waals surface area (Å²) in [5, 5.41) is 14.7. The zero-order valence-corrected chi connectivity index (χ0v) is 11.0. The molecule has 104 valence electrons. The highest BCUT2D eigenvalue weighted by molar-refractivity contribution is 5.73. The molecule has 0 aromatic heterocycles. The number of carbonyl (C=O) groups excluding carboxylic acids is 2. The molecule has 0 fully saturated rings. The fraction of sp³-hybridized carbons (Fsp3) is 0.385. The third-order valence-electron chi connectivity index (χ3n) is 2.66. The normalized spacial score (nSPS) is 9.79. The molecule has 6 nitrogen and oxygen atoms in total. The molecule has 0 radical (unpaired) electrons. The second kappa shape index (κ2) is 7.25. The fourth-order valence-electron chi connectivity index (χ4n) is 1.55. The van der Waals surface area contributed by atoms with Crippen molar-refractivity contribution < 1.29 is 19.4 Å². The molecular weight excluding hydrogens is 248 g/mol. The van der Waals surface area contributed by atoms with E-state index in [2.05, 4.69) is 15.4 Å². The molecule has 1 rings (SSSR count). The van der Waals surface area contributed by atoms with Crippen molar-refractivity contribution in [1.82, 2.24) is 10.6 Å². The molecule has 0 aliphatic heterocycles. The number of hydrogen-bond donors (Lipinski definition) is 3. The van der Waals surface area contributed by atoms with Crippen molar-refractivity contribution in [2.45, 2.75) is 19.4 Å². The number of phenolic OH excluding ortho intramolecular Hbond substituents is 1. The zero-order chi connectivity index (χ0) is 14.3. The molecule has 0 heterocycles. The third kappa shape index (κ3) is 4.87. The Morgan fingerprint density at radius 1 is 1.37 bits per heavy atom. The topological polar surface area (TPSA) is 87.7 Å². The maximum absolute atomic E-state index is 11.1. The number of ether oxygens (including phenoxy) is 1. The molecule has 0 atom stereocenters. The van der Waals surface area contributed by atoms with Gasteiger partial charge in [-0.1, -0.05) is 12.1 Å². The van der Waals surface area contributed by atoms with Gasteiger partial charge in [-0.25, -0.2) is 4.79 Å². The SMILES string of the molecule is CNC(=O)NCc1cc(CCC(=O)OC)ccc1O. The van der Waals surface area contributed by atoms with Gasteiger partial charge >= 0.3 is 12.0 Å². The summed E-state index contributed by atoms with van der Waals surface area (Å²) in [7, 11) is 2.86. The number of aryl methyl sites for hydroxylation is 1. The van der Waals surface area contributed by atoms with Crippen molar-refractivity contribution in [1.29, 1.82) is 0 Å². The average Bonchev–Trinajstić information content (AvgIpc) is 2.44. The number of aromatic hydroxyl groups is 1. The maximum Gasteiger partial charge on any atom is 0.314 e. The van der Waals surface area contributed by atoms with Crippen LogP contribution in [0.4, 0.5) is 4.79 Å². The molecule has 0 aliphatic rings. The molecule has 3 N–H and O–H groups in total. The highest BCUT2D eigenvalue weighted by Gasteiger charge is 2.06. The van der Waals surface area contributed by atoms with Gasteiger partial charge in [-0.2, -0.15) is 0 Å². The molecule has 2 amide bonds. The van der Waals surface area contributed by atoms with Gasteiger partial charge in [0, 0.05) is 25.6 Å². The first kappa shape index (κ1) is 14.8. The molecule has 0 saturated carbocycles. The predicted molar refractivity (Wildman–Crippen MR) is 69.7 cm³/mol. The van der Waals surface area contributed by atoms with E-state index in [1.807, 2.05) is 0 Å². The van der Waals surface area contributed by atoms with E-state index in [0.29, 0.717) is 12.0 Å². The number of methoxy groups -OCH3 is 1. The van der Waals surface area contributed by atoms with Crippen LogP contribution in [0.5, 0.6) is 5.75 Å². The van der Waals surface area contributed by atoms with E-state index in [4.69, 9.17) is 0 Å². The Balaban J connectivity index is 2.65. The molecule has 0 aliphatic carbocycles. The third-order valence-corrected chi connectivity index (χ3v) is 2.66. The van der Waals surface area contributed by atoms with Crippen LogP contribution < -0.4 is 10.6 Å². The van der Waals surface area contributed by atoms with E-state index in [-0.39, 0.29) is 30.7 Å². The first-order valence-corrected chi connectivity index (χ1v) is 5.90. The number of hydrogen-bond acceptors (Lipinski definition) is 4. The number of carbonyl (C=O) groups is 2. The van der Waals surface area contributed by atoms with Crippen LogP contribution in [0.1, 0.15) is 17.5 Å². The van der Waals surface area contributed by atoms with Gasteiger partial charge in [-0.05, 0) is 18.1 Å². The highest BCUT2D eigenvalue weighted by atomic mass is 16.5. The number of phenols is 1. The molecule has 6 heteroatoms. The van der Waals surface area contributed by atoms with Crippen LogP contribution in [0, 0.1) is 0 Å². The summed E-state index contributed by atoms with van der Waals surface area (Å²) < 4.78 is 4.57. The number of esters is 1. The molecular formula is C13H18N2O4. The van der Waals surface area contributed by atoms with Gasteiger partial charge in [-0.15, -0.1) is 0 Å². The van der Waals surface area contributed by atoms with Gasteiger partial charge in [0.15, 0.2) is 0 Å². The van der Waals surface area contributed by atoms with E-state index >= 15 is 0 Å². The second-order valence-corrected chi connectivity index (χ2v) is 3.97. The highest BCUT2D eigenvalue weighted by Crippen LogP contribution is 2.19. The lowest BCUT2D eigenvalue weighted by atomic mass is 10.1. The lowest BCUT2D eigenvalue weighted by molar-refractivity contribution is -0.140. The Morgan fingerprint density at radius 3 is 2.74 bits per heavy atom. The van der Waals surface area contributed by atoms with Crippen molar-refractivity contribution in [2.75, 3.05) is 14.2 Å². The number of rotatable bonds is 5. The summed E-state index contributed by atoms with van der Waals surface area (Å²) in [6, 6.07) is 4.72. The van der Waals surface area contributed by atoms with E-state index in [1.165, 1.54) is 14.2 Å². The predicted octanol–water partition coefficient (Wildman–Crippen LogP) is 0.927. The van der Waals surface area contributed by atoms with Crippen LogP contribution in [-0.2, 0) is 22.5 Å². The molecule has 1 aromatic rings. The average molecular weight is 266 g/mol. The summed E-state index contributed by atoms with van der Waals surface area (Å²) in [6.07, 6.45) is 0.809. The van der Waals surface area contributed by atoms with Crippen molar-refractivity contribution in [3.63, 3.8) is 0 Å². The van der Waals surface area contributed by atoms with Crippen LogP contribution in [-0.4, -0.2) is 31.3 Å². The quantitative estimate of drug-likeness (QED) is 0.692. The summed E-state index contributed by atoms with van der Waals surface area (Å²) in [5.41, 5.74) is 1.50. The summed E-state index contributed by atoms with van der Waals surface area (Å²) >= 11 is 0. The summed E-state index contributed by atoms with van der Waals surface area (Å²) in [4.78, 5) is 22.1. The van der Waals surface area contributed by atoms with Crippen molar-refractivity contribution in [3.05, 3.63) is 29.3 Å². The fourth-order valence-corrected chi connectivity index (χ4v) is 1.55. The van der Waals surface area contributed by atoms with Crippen LogP contribution >= 0.6 is 0 Å². The minimum Gasteiger partial charge on any atom is -0.508 e. The molecule has 0 saturated heterocycles. The first-order valence-electron chi connectivity index (χ1n) is 5.90. The van der Waals surface area contributed by atoms with E-state index < -0.39 is 0 Å². The molecule has 0 bridgehead atoms. The summed E-state index contributed by atoms with van der Waals surface area (Å²) in [5.74, 6) is -0.170. The largest absolute Gasteiger partial charge is 0.508 e. The van der Waals surface area contributed by atoms with Crippen LogP contribution in [0.25, 0.3) is 0 Å². The Bertz CT molecular complexity index is 460. The minimum atomic E-state index is -0.320. The smallest absolute Gasteiger partial charge is 0.314 e. The standard InChI is InChI=1S/C13H18N2O4/c1-14-13(18)15-8-10-7-9(3-5-11(10)16)4-6-12(17)19-2/h3,5,7,16H,4,6,8H2,1-2H3,(H2,14,15,18). The minimum absolute atomic E-state index is 0.109. The Hall–Kier alpha value is -2.24. The monoisotopic (exact) mass is 266 g/mol. The van der Waals surface area contributed by atoms with Crippen molar-refractivity contribution in [3.8, 4) is 5.75 Å². The molecule has 1 aromatic carbocycles. The molecule has 19 heavy (non-hydrogen) atoms. The number of amides is 2. The van der Waals surface area contributed by atoms with Gasteiger partial charge in [0.25, 0.3) is 0 Å². The van der Waals surface area contributed by atoms with Crippen LogP contribution in [0.2, 0.25) is 0 Å². The van der Waals surface area contributed by atoms with E-state index in [0.717, 1.165) is 5.56 Å². The lowest BCUT2D eigenvalue weighted by Crippen LogP contribution is -2.32. The van der Waals surface area contributed by atoms with E-state index in [9.17, 15) is 14.7 Å².